The number of hydrogen-bond acceptors (Lipinski definition) is 3. The summed E-state index contributed by atoms with van der Waals surface area (Å²) in [5.41, 5.74) is 4.24. The average molecular weight is 339 g/mol. The number of ether oxygens (including phenoxy) is 1. The zero-order valence-corrected chi connectivity index (χ0v) is 14.4. The molecule has 2 aromatic carbocycles. The number of carboxylic acids is 1. The molecule has 1 aliphatic rings. The summed E-state index contributed by atoms with van der Waals surface area (Å²) in [6.07, 6.45) is 1.06. The quantitative estimate of drug-likeness (QED) is 0.930. The summed E-state index contributed by atoms with van der Waals surface area (Å²) in [5.74, 6) is -0.129. The minimum absolute atomic E-state index is 0.0392. The number of aryl methyl sites for hydroxylation is 1. The van der Waals surface area contributed by atoms with Crippen molar-refractivity contribution in [3.05, 3.63) is 64.2 Å². The number of carbonyl (C=O) groups excluding carboxylic acids is 1. The van der Waals surface area contributed by atoms with Crippen LogP contribution in [-0.2, 0) is 24.2 Å². The standard InChI is InChI=1S/C20H21NO4/c1-13-3-4-14(9-18(13)25-2)10-19(22)21-8-7-15-5-6-16(20(23)24)11-17(15)12-21/h3-6,9,11H,7-8,10,12H2,1-2H3,(H,23,24). The van der Waals surface area contributed by atoms with Gasteiger partial charge < -0.3 is 14.7 Å². The first-order valence-electron chi connectivity index (χ1n) is 8.24. The molecule has 0 spiro atoms. The first-order chi connectivity index (χ1) is 12.0. The molecule has 0 saturated heterocycles. The first kappa shape index (κ1) is 17.0. The van der Waals surface area contributed by atoms with Gasteiger partial charge in [-0.1, -0.05) is 18.2 Å². The van der Waals surface area contributed by atoms with E-state index in [0.29, 0.717) is 19.5 Å². The van der Waals surface area contributed by atoms with Crippen LogP contribution in [0.15, 0.2) is 36.4 Å². The van der Waals surface area contributed by atoms with E-state index in [2.05, 4.69) is 0 Å². The molecule has 2 aromatic rings. The highest BCUT2D eigenvalue weighted by Gasteiger charge is 2.22. The molecule has 0 bridgehead atoms. The molecule has 0 saturated carbocycles. The second-order valence-electron chi connectivity index (χ2n) is 6.33. The molecule has 0 unspecified atom stereocenters. The van der Waals surface area contributed by atoms with E-state index < -0.39 is 5.97 Å². The summed E-state index contributed by atoms with van der Waals surface area (Å²) < 4.78 is 5.31. The van der Waals surface area contributed by atoms with Crippen molar-refractivity contribution in [3.8, 4) is 5.75 Å². The van der Waals surface area contributed by atoms with Gasteiger partial charge in [0.15, 0.2) is 0 Å². The Balaban J connectivity index is 1.74. The molecular formula is C20H21NO4. The molecule has 0 radical (unpaired) electrons. The summed E-state index contributed by atoms with van der Waals surface area (Å²) >= 11 is 0. The highest BCUT2D eigenvalue weighted by molar-refractivity contribution is 5.88. The molecule has 1 amide bonds. The van der Waals surface area contributed by atoms with Gasteiger partial charge in [-0.2, -0.15) is 0 Å². The Morgan fingerprint density at radius 1 is 1.16 bits per heavy atom. The predicted octanol–water partition coefficient (Wildman–Crippen LogP) is 2.83. The third-order valence-electron chi connectivity index (χ3n) is 4.65. The number of methoxy groups -OCH3 is 1. The van der Waals surface area contributed by atoms with E-state index in [0.717, 1.165) is 34.4 Å². The van der Waals surface area contributed by atoms with E-state index in [9.17, 15) is 9.59 Å². The maximum absolute atomic E-state index is 12.6. The Hall–Kier alpha value is -2.82. The molecule has 1 N–H and O–H groups in total. The molecule has 5 nitrogen and oxygen atoms in total. The number of carbonyl (C=O) groups is 2. The van der Waals surface area contributed by atoms with Crippen molar-refractivity contribution < 1.29 is 19.4 Å². The lowest BCUT2D eigenvalue weighted by molar-refractivity contribution is -0.131. The van der Waals surface area contributed by atoms with Crippen molar-refractivity contribution in [1.29, 1.82) is 0 Å². The van der Waals surface area contributed by atoms with Crippen LogP contribution in [0.2, 0.25) is 0 Å². The van der Waals surface area contributed by atoms with E-state index in [1.54, 1.807) is 24.1 Å². The maximum atomic E-state index is 12.6. The van der Waals surface area contributed by atoms with Crippen LogP contribution in [0, 0.1) is 6.92 Å². The lowest BCUT2D eigenvalue weighted by Crippen LogP contribution is -2.37. The van der Waals surface area contributed by atoms with Gasteiger partial charge in [-0.05, 0) is 53.8 Å². The number of amides is 1. The molecule has 5 heteroatoms. The number of rotatable bonds is 4. The maximum Gasteiger partial charge on any atom is 0.335 e. The zero-order valence-electron chi connectivity index (χ0n) is 14.4. The highest BCUT2D eigenvalue weighted by atomic mass is 16.5. The fourth-order valence-corrected chi connectivity index (χ4v) is 3.16. The molecule has 0 aliphatic carbocycles. The van der Waals surface area contributed by atoms with Crippen LogP contribution in [0.3, 0.4) is 0 Å². The van der Waals surface area contributed by atoms with Crippen LogP contribution in [0.1, 0.15) is 32.6 Å². The van der Waals surface area contributed by atoms with Gasteiger partial charge in [-0.15, -0.1) is 0 Å². The molecule has 0 atom stereocenters. The van der Waals surface area contributed by atoms with Crippen LogP contribution in [0.4, 0.5) is 0 Å². The number of carboxylic acid groups (broad SMARTS) is 1. The first-order valence-corrected chi connectivity index (χ1v) is 8.24. The zero-order chi connectivity index (χ0) is 18.0. The van der Waals surface area contributed by atoms with E-state index in [1.165, 1.54) is 0 Å². The van der Waals surface area contributed by atoms with Crippen molar-refractivity contribution in [2.24, 2.45) is 0 Å². The Morgan fingerprint density at radius 2 is 1.96 bits per heavy atom. The minimum Gasteiger partial charge on any atom is -0.496 e. The largest absolute Gasteiger partial charge is 0.496 e. The van der Waals surface area contributed by atoms with E-state index >= 15 is 0 Å². The Kier molecular flexibility index (Phi) is 4.74. The lowest BCUT2D eigenvalue weighted by Gasteiger charge is -2.29. The molecule has 1 heterocycles. The number of benzene rings is 2. The number of aromatic carboxylic acids is 1. The van der Waals surface area contributed by atoms with Gasteiger partial charge in [0.1, 0.15) is 5.75 Å². The van der Waals surface area contributed by atoms with Gasteiger partial charge in [-0.25, -0.2) is 4.79 Å². The van der Waals surface area contributed by atoms with E-state index in [-0.39, 0.29) is 11.5 Å². The smallest absolute Gasteiger partial charge is 0.335 e. The second kappa shape index (κ2) is 6.97. The Labute approximate surface area is 146 Å². The monoisotopic (exact) mass is 339 g/mol. The highest BCUT2D eigenvalue weighted by Crippen LogP contribution is 2.23. The van der Waals surface area contributed by atoms with Crippen molar-refractivity contribution >= 4 is 11.9 Å². The molecule has 25 heavy (non-hydrogen) atoms. The molecule has 130 valence electrons. The van der Waals surface area contributed by atoms with Crippen LogP contribution < -0.4 is 4.74 Å². The van der Waals surface area contributed by atoms with Crippen LogP contribution in [0.25, 0.3) is 0 Å². The van der Waals surface area contributed by atoms with E-state index in [1.807, 2.05) is 31.2 Å². The van der Waals surface area contributed by atoms with Crippen LogP contribution >= 0.6 is 0 Å². The summed E-state index contributed by atoms with van der Waals surface area (Å²) in [6.45, 7) is 3.07. The SMILES string of the molecule is COc1cc(CC(=O)N2CCc3ccc(C(=O)O)cc3C2)ccc1C. The van der Waals surface area contributed by atoms with E-state index in [4.69, 9.17) is 9.84 Å². The normalized spacial score (nSPS) is 13.3. The molecule has 0 aromatic heterocycles. The third-order valence-corrected chi connectivity index (χ3v) is 4.65. The number of nitrogens with zero attached hydrogens (tertiary/aromatic N) is 1. The topological polar surface area (TPSA) is 66.8 Å². The van der Waals surface area contributed by atoms with Gasteiger partial charge in [0.05, 0.1) is 19.1 Å². The average Bonchev–Trinajstić information content (AvgIpc) is 2.62. The van der Waals surface area contributed by atoms with Crippen molar-refractivity contribution in [2.45, 2.75) is 26.3 Å². The van der Waals surface area contributed by atoms with Gasteiger partial charge in [-0.3, -0.25) is 4.79 Å². The summed E-state index contributed by atoms with van der Waals surface area (Å²) in [7, 11) is 1.62. The predicted molar refractivity (Wildman–Crippen MR) is 94.0 cm³/mol. The van der Waals surface area contributed by atoms with Crippen molar-refractivity contribution in [1.82, 2.24) is 4.90 Å². The van der Waals surface area contributed by atoms with Gasteiger partial charge in [0.2, 0.25) is 5.91 Å². The summed E-state index contributed by atoms with van der Waals surface area (Å²) in [5, 5.41) is 9.14. The molecular weight excluding hydrogens is 318 g/mol. The summed E-state index contributed by atoms with van der Waals surface area (Å²) in [4.78, 5) is 25.6. The molecule has 3 rings (SSSR count). The van der Waals surface area contributed by atoms with Crippen LogP contribution in [-0.4, -0.2) is 35.5 Å². The van der Waals surface area contributed by atoms with Gasteiger partial charge in [0.25, 0.3) is 0 Å². The van der Waals surface area contributed by atoms with Crippen molar-refractivity contribution in [2.75, 3.05) is 13.7 Å². The molecule has 0 fully saturated rings. The minimum atomic E-state index is -0.946. The van der Waals surface area contributed by atoms with Gasteiger partial charge in [0, 0.05) is 13.1 Å². The Bertz CT molecular complexity index is 828. The molecule has 1 aliphatic heterocycles. The number of fused-ring (bicyclic) bond motifs is 1. The fourth-order valence-electron chi connectivity index (χ4n) is 3.16. The lowest BCUT2D eigenvalue weighted by atomic mass is 9.97. The Morgan fingerprint density at radius 3 is 2.68 bits per heavy atom. The fraction of sp³-hybridized carbons (Fsp3) is 0.300. The van der Waals surface area contributed by atoms with Crippen molar-refractivity contribution in [3.63, 3.8) is 0 Å². The number of hydrogen-bond donors (Lipinski definition) is 1. The second-order valence-corrected chi connectivity index (χ2v) is 6.33. The van der Waals surface area contributed by atoms with Gasteiger partial charge >= 0.3 is 5.97 Å². The third kappa shape index (κ3) is 3.65. The summed E-state index contributed by atoms with van der Waals surface area (Å²) in [6, 6.07) is 10.9. The van der Waals surface area contributed by atoms with Crippen LogP contribution in [0.5, 0.6) is 5.75 Å².